The number of aromatic carboxylic acids is 1. The van der Waals surface area contributed by atoms with Crippen LogP contribution in [0.4, 0.5) is 0 Å². The summed E-state index contributed by atoms with van der Waals surface area (Å²) in [7, 11) is 0. The number of aromatic hydroxyl groups is 1. The maximum Gasteiger partial charge on any atom is 0.335 e. The van der Waals surface area contributed by atoms with Crippen LogP contribution in [-0.2, 0) is 0 Å². The van der Waals surface area contributed by atoms with E-state index in [1.54, 1.807) is 0 Å². The smallest absolute Gasteiger partial charge is 0.335 e. The highest BCUT2D eigenvalue weighted by Gasteiger charge is 1.99. The summed E-state index contributed by atoms with van der Waals surface area (Å²) < 4.78 is 0. The molecule has 100 valence electrons. The number of hydrogen-bond donors (Lipinski definition) is 3. The molecule has 0 aromatic heterocycles. The average Bonchev–Trinajstić information content (AvgIpc) is 2.41. The second-order valence-electron chi connectivity index (χ2n) is 4.05. The van der Waals surface area contributed by atoms with Gasteiger partial charge in [0.25, 0.3) is 0 Å². The van der Waals surface area contributed by atoms with Gasteiger partial charge < -0.3 is 15.9 Å². The van der Waals surface area contributed by atoms with Crippen LogP contribution >= 0.6 is 0 Å². The monoisotopic (exact) mass is 259 g/mol. The van der Waals surface area contributed by atoms with E-state index < -0.39 is 5.97 Å². The Morgan fingerprint density at radius 3 is 1.95 bits per heavy atom. The summed E-state index contributed by atoms with van der Waals surface area (Å²) >= 11 is 0. The lowest BCUT2D eigenvalue weighted by Crippen LogP contribution is -2.03. The molecule has 0 fully saturated rings. The lowest BCUT2D eigenvalue weighted by Gasteiger charge is -2.02. The molecule has 2 aromatic rings. The molecule has 2 aromatic carbocycles. The fourth-order valence-electron chi connectivity index (χ4n) is 1.36. The maximum absolute atomic E-state index is 10.2. The fourth-order valence-corrected chi connectivity index (χ4v) is 1.36. The number of carboxylic acid groups (broad SMARTS) is 1. The SMILES string of the molecule is CC(N)c1ccccc1.O=C(O)c1ccc(O)cc1. The number of hydrogen-bond acceptors (Lipinski definition) is 3. The van der Waals surface area contributed by atoms with Crippen molar-refractivity contribution in [2.45, 2.75) is 13.0 Å². The lowest BCUT2D eigenvalue weighted by atomic mass is 10.1. The Morgan fingerprint density at radius 1 is 1.05 bits per heavy atom. The highest BCUT2D eigenvalue weighted by molar-refractivity contribution is 5.87. The average molecular weight is 259 g/mol. The normalized spacial score (nSPS) is 11.1. The summed E-state index contributed by atoms with van der Waals surface area (Å²) in [5.41, 5.74) is 6.98. The van der Waals surface area contributed by atoms with E-state index >= 15 is 0 Å². The Hall–Kier alpha value is -2.33. The van der Waals surface area contributed by atoms with Gasteiger partial charge >= 0.3 is 5.97 Å². The molecule has 4 nitrogen and oxygen atoms in total. The van der Waals surface area contributed by atoms with Crippen molar-refractivity contribution in [3.05, 3.63) is 65.7 Å². The molecule has 0 amide bonds. The second-order valence-corrected chi connectivity index (χ2v) is 4.05. The van der Waals surface area contributed by atoms with E-state index in [1.807, 2.05) is 37.3 Å². The van der Waals surface area contributed by atoms with Crippen LogP contribution in [0.3, 0.4) is 0 Å². The fraction of sp³-hybridized carbons (Fsp3) is 0.133. The summed E-state index contributed by atoms with van der Waals surface area (Å²) in [5.74, 6) is -0.912. The maximum atomic E-state index is 10.2. The number of carboxylic acids is 1. The molecule has 4 heteroatoms. The third kappa shape index (κ3) is 5.23. The van der Waals surface area contributed by atoms with Crippen molar-refractivity contribution >= 4 is 5.97 Å². The highest BCUT2D eigenvalue weighted by Crippen LogP contribution is 2.08. The number of nitrogens with two attached hydrogens (primary N) is 1. The molecule has 0 saturated heterocycles. The molecule has 1 unspecified atom stereocenters. The van der Waals surface area contributed by atoms with Crippen LogP contribution in [0.15, 0.2) is 54.6 Å². The first-order valence-electron chi connectivity index (χ1n) is 5.83. The van der Waals surface area contributed by atoms with Crippen molar-refractivity contribution in [2.75, 3.05) is 0 Å². The number of rotatable bonds is 2. The Kier molecular flexibility index (Phi) is 5.57. The molecule has 0 aliphatic carbocycles. The van der Waals surface area contributed by atoms with Gasteiger partial charge in [0.1, 0.15) is 5.75 Å². The Morgan fingerprint density at radius 2 is 1.58 bits per heavy atom. The van der Waals surface area contributed by atoms with Gasteiger partial charge in [0, 0.05) is 6.04 Å². The lowest BCUT2D eigenvalue weighted by molar-refractivity contribution is 0.0697. The molecule has 0 saturated carbocycles. The van der Waals surface area contributed by atoms with E-state index in [0.717, 1.165) is 0 Å². The zero-order valence-electron chi connectivity index (χ0n) is 10.7. The minimum Gasteiger partial charge on any atom is -0.508 e. The Labute approximate surface area is 112 Å². The predicted molar refractivity (Wildman–Crippen MR) is 74.1 cm³/mol. The first-order chi connectivity index (χ1) is 9.00. The molecule has 0 spiro atoms. The molecule has 1 atom stereocenters. The largest absolute Gasteiger partial charge is 0.508 e. The van der Waals surface area contributed by atoms with Gasteiger partial charge in [-0.15, -0.1) is 0 Å². The van der Waals surface area contributed by atoms with Gasteiger partial charge in [-0.05, 0) is 36.8 Å². The van der Waals surface area contributed by atoms with Gasteiger partial charge in [0.15, 0.2) is 0 Å². The predicted octanol–water partition coefficient (Wildman–Crippen LogP) is 2.80. The van der Waals surface area contributed by atoms with Gasteiger partial charge in [0.05, 0.1) is 5.56 Å². The number of carbonyl (C=O) groups is 1. The molecular weight excluding hydrogens is 242 g/mol. The summed E-state index contributed by atoms with van der Waals surface area (Å²) in [5, 5.41) is 17.1. The van der Waals surface area contributed by atoms with Gasteiger partial charge in [0.2, 0.25) is 0 Å². The van der Waals surface area contributed by atoms with Crippen LogP contribution in [0.25, 0.3) is 0 Å². The standard InChI is InChI=1S/C8H11N.C7H6O3/c1-7(9)8-5-3-2-4-6-8;8-6-3-1-5(2-4-6)7(9)10/h2-7H,9H2,1H3;1-4,8H,(H,9,10). The summed E-state index contributed by atoms with van der Waals surface area (Å²) in [6, 6.07) is 15.6. The van der Waals surface area contributed by atoms with Crippen LogP contribution in [0, 0.1) is 0 Å². The van der Waals surface area contributed by atoms with Crippen LogP contribution in [0.1, 0.15) is 28.9 Å². The summed E-state index contributed by atoms with van der Waals surface area (Å²) in [6.45, 7) is 1.98. The van der Waals surface area contributed by atoms with Crippen LogP contribution in [-0.4, -0.2) is 16.2 Å². The van der Waals surface area contributed by atoms with Gasteiger partial charge in [-0.25, -0.2) is 4.79 Å². The van der Waals surface area contributed by atoms with Crippen molar-refractivity contribution in [1.82, 2.24) is 0 Å². The minimum absolute atomic E-state index is 0.0741. The first-order valence-corrected chi connectivity index (χ1v) is 5.83. The highest BCUT2D eigenvalue weighted by atomic mass is 16.4. The van der Waals surface area contributed by atoms with Crippen LogP contribution in [0.5, 0.6) is 5.75 Å². The van der Waals surface area contributed by atoms with Crippen molar-refractivity contribution in [1.29, 1.82) is 0 Å². The number of phenols is 1. The van der Waals surface area contributed by atoms with Gasteiger partial charge in [-0.2, -0.15) is 0 Å². The molecule has 0 aliphatic rings. The molecule has 0 heterocycles. The summed E-state index contributed by atoms with van der Waals surface area (Å²) in [6.07, 6.45) is 0. The molecule has 0 radical (unpaired) electrons. The van der Waals surface area contributed by atoms with E-state index in [-0.39, 0.29) is 17.4 Å². The zero-order valence-corrected chi connectivity index (χ0v) is 10.7. The molecule has 0 bridgehead atoms. The number of phenolic OH excluding ortho intramolecular Hbond substituents is 1. The van der Waals surface area contributed by atoms with Crippen molar-refractivity contribution in [2.24, 2.45) is 5.73 Å². The first kappa shape index (κ1) is 14.7. The molecule has 19 heavy (non-hydrogen) atoms. The van der Waals surface area contributed by atoms with E-state index in [1.165, 1.54) is 29.8 Å². The second kappa shape index (κ2) is 7.18. The van der Waals surface area contributed by atoms with Crippen molar-refractivity contribution < 1.29 is 15.0 Å². The Balaban J connectivity index is 0.000000191. The quantitative estimate of drug-likeness (QED) is 0.774. The molecular formula is C15H17NO3. The van der Waals surface area contributed by atoms with E-state index in [0.29, 0.717) is 0 Å². The Bertz CT molecular complexity index is 507. The topological polar surface area (TPSA) is 83.6 Å². The van der Waals surface area contributed by atoms with Crippen molar-refractivity contribution in [3.63, 3.8) is 0 Å². The third-order valence-corrected chi connectivity index (χ3v) is 2.44. The minimum atomic E-state index is -0.986. The van der Waals surface area contributed by atoms with Crippen LogP contribution < -0.4 is 5.73 Å². The van der Waals surface area contributed by atoms with E-state index in [2.05, 4.69) is 0 Å². The van der Waals surface area contributed by atoms with Crippen molar-refractivity contribution in [3.8, 4) is 5.75 Å². The third-order valence-electron chi connectivity index (χ3n) is 2.44. The van der Waals surface area contributed by atoms with Gasteiger partial charge in [-0.3, -0.25) is 0 Å². The molecule has 0 aliphatic heterocycles. The summed E-state index contributed by atoms with van der Waals surface area (Å²) in [4.78, 5) is 10.2. The van der Waals surface area contributed by atoms with Crippen LogP contribution in [0.2, 0.25) is 0 Å². The van der Waals surface area contributed by atoms with E-state index in [9.17, 15) is 4.79 Å². The number of benzene rings is 2. The molecule has 2 rings (SSSR count). The van der Waals surface area contributed by atoms with Gasteiger partial charge in [-0.1, -0.05) is 30.3 Å². The zero-order chi connectivity index (χ0) is 14.3. The van der Waals surface area contributed by atoms with E-state index in [4.69, 9.17) is 15.9 Å². The molecule has 4 N–H and O–H groups in total.